The number of methoxy groups -OCH3 is 1. The number of rotatable bonds is 9. The molecule has 3 aromatic rings. The predicted molar refractivity (Wildman–Crippen MR) is 126 cm³/mol. The molecule has 1 heterocycles. The lowest BCUT2D eigenvalue weighted by Gasteiger charge is -2.10. The molecule has 2 aromatic carbocycles. The minimum Gasteiger partial charge on any atom is -0.497 e. The average Bonchev–Trinajstić information content (AvgIpc) is 3.09. The van der Waals surface area contributed by atoms with Gasteiger partial charge in [0.05, 0.1) is 12.7 Å². The summed E-state index contributed by atoms with van der Waals surface area (Å²) in [6.07, 6.45) is 0.817. The zero-order valence-corrected chi connectivity index (χ0v) is 19.3. The van der Waals surface area contributed by atoms with E-state index in [9.17, 15) is 14.4 Å². The van der Waals surface area contributed by atoms with Crippen LogP contribution in [0.5, 0.6) is 5.75 Å². The molecule has 0 bridgehead atoms. The number of nitrogens with one attached hydrogen (secondary N) is 1. The minimum atomic E-state index is -0.592. The molecule has 0 unspecified atom stereocenters. The van der Waals surface area contributed by atoms with Crippen molar-refractivity contribution in [2.45, 2.75) is 33.7 Å². The molecule has 172 valence electrons. The summed E-state index contributed by atoms with van der Waals surface area (Å²) in [5.41, 5.74) is 4.44. The number of anilines is 1. The highest BCUT2D eigenvalue weighted by molar-refractivity contribution is 6.00. The summed E-state index contributed by atoms with van der Waals surface area (Å²) in [6.45, 7) is 5.66. The van der Waals surface area contributed by atoms with Gasteiger partial charge in [-0.1, -0.05) is 12.1 Å². The van der Waals surface area contributed by atoms with Gasteiger partial charge in [0.2, 0.25) is 11.7 Å². The molecule has 3 rings (SSSR count). The molecule has 0 atom stereocenters. The molecule has 7 heteroatoms. The molecule has 0 aliphatic heterocycles. The third-order valence-corrected chi connectivity index (χ3v) is 5.43. The maximum atomic E-state index is 12.7. The zero-order chi connectivity index (χ0) is 24.0. The lowest BCUT2D eigenvalue weighted by atomic mass is 10.1. The Kier molecular flexibility index (Phi) is 7.66. The fourth-order valence-corrected chi connectivity index (χ4v) is 3.65. The Bertz CT molecular complexity index is 1140. The largest absolute Gasteiger partial charge is 0.497 e. The number of ketones is 1. The van der Waals surface area contributed by atoms with Crippen molar-refractivity contribution in [1.29, 1.82) is 0 Å². The number of hydrogen-bond donors (Lipinski definition) is 1. The summed E-state index contributed by atoms with van der Waals surface area (Å²) in [7, 11) is 1.64. The number of carbonyl (C=O) groups is 3. The van der Waals surface area contributed by atoms with Gasteiger partial charge in [0, 0.05) is 36.1 Å². The second kappa shape index (κ2) is 10.6. The number of carbonyl (C=O) groups excluding carboxylic acids is 3. The number of hydrogen-bond acceptors (Lipinski definition) is 5. The molecule has 0 aliphatic carbocycles. The van der Waals surface area contributed by atoms with Gasteiger partial charge in [0.25, 0.3) is 0 Å². The first-order chi connectivity index (χ1) is 15.8. The molecule has 0 fully saturated rings. The van der Waals surface area contributed by atoms with E-state index >= 15 is 0 Å². The van der Waals surface area contributed by atoms with Crippen molar-refractivity contribution < 1.29 is 23.9 Å². The molecule has 1 aromatic heterocycles. The number of benzene rings is 2. The first kappa shape index (κ1) is 23.8. The number of Topliss-reactive ketones (excluding diaryl/α,β-unsaturated/α-hetero) is 1. The smallest absolute Gasteiger partial charge is 0.338 e. The molecular weight excluding hydrogens is 420 g/mol. The Balaban J connectivity index is 1.59. The first-order valence-electron chi connectivity index (χ1n) is 10.7. The topological polar surface area (TPSA) is 86.6 Å². The van der Waals surface area contributed by atoms with Crippen LogP contribution in [0.4, 0.5) is 5.69 Å². The second-order valence-corrected chi connectivity index (χ2v) is 7.79. The number of aryl methyl sites for hydroxylation is 2. The van der Waals surface area contributed by atoms with E-state index in [1.54, 1.807) is 31.4 Å². The van der Waals surface area contributed by atoms with Crippen molar-refractivity contribution in [3.63, 3.8) is 0 Å². The van der Waals surface area contributed by atoms with Crippen molar-refractivity contribution in [2.24, 2.45) is 0 Å². The highest BCUT2D eigenvalue weighted by Crippen LogP contribution is 2.19. The van der Waals surface area contributed by atoms with E-state index in [0.29, 0.717) is 16.8 Å². The van der Waals surface area contributed by atoms with Crippen LogP contribution in [0.25, 0.3) is 0 Å². The fraction of sp³-hybridized carbons (Fsp3) is 0.269. The monoisotopic (exact) mass is 448 g/mol. The highest BCUT2D eigenvalue weighted by Gasteiger charge is 2.18. The summed E-state index contributed by atoms with van der Waals surface area (Å²) in [4.78, 5) is 36.1. The third-order valence-electron chi connectivity index (χ3n) is 5.43. The summed E-state index contributed by atoms with van der Waals surface area (Å²) < 4.78 is 12.5. The molecule has 33 heavy (non-hydrogen) atoms. The number of ether oxygens (including phenoxy) is 2. The van der Waals surface area contributed by atoms with E-state index in [1.165, 1.54) is 12.5 Å². The van der Waals surface area contributed by atoms with Gasteiger partial charge < -0.3 is 19.4 Å². The van der Waals surface area contributed by atoms with E-state index in [2.05, 4.69) is 9.88 Å². The average molecular weight is 449 g/mol. The molecule has 0 saturated heterocycles. The SMILES string of the molecule is COc1ccc(CCn2c(C)cc(C(=O)COC(=O)c3ccc(NC(C)=O)cc3)c2C)cc1. The lowest BCUT2D eigenvalue weighted by Crippen LogP contribution is -2.15. The Morgan fingerprint density at radius 2 is 1.64 bits per heavy atom. The Morgan fingerprint density at radius 3 is 2.24 bits per heavy atom. The van der Waals surface area contributed by atoms with Crippen LogP contribution in [0.2, 0.25) is 0 Å². The molecule has 0 radical (unpaired) electrons. The minimum absolute atomic E-state index is 0.197. The van der Waals surface area contributed by atoms with Crippen molar-refractivity contribution in [3.05, 3.63) is 82.7 Å². The Morgan fingerprint density at radius 1 is 0.970 bits per heavy atom. The number of aromatic nitrogens is 1. The molecular formula is C26H28N2O5. The zero-order valence-electron chi connectivity index (χ0n) is 19.3. The van der Waals surface area contributed by atoms with Gasteiger partial charge in [-0.2, -0.15) is 0 Å². The summed E-state index contributed by atoms with van der Waals surface area (Å²) in [5.74, 6) is -0.219. The van der Waals surface area contributed by atoms with Crippen molar-refractivity contribution in [1.82, 2.24) is 4.57 Å². The number of nitrogens with zero attached hydrogens (tertiary/aromatic N) is 1. The number of esters is 1. The van der Waals surface area contributed by atoms with Gasteiger partial charge >= 0.3 is 5.97 Å². The van der Waals surface area contributed by atoms with Gasteiger partial charge in [-0.25, -0.2) is 4.79 Å². The molecule has 0 aliphatic rings. The van der Waals surface area contributed by atoms with E-state index in [0.717, 1.165) is 30.1 Å². The Hall–Kier alpha value is -3.87. The van der Waals surface area contributed by atoms with Crippen LogP contribution in [-0.4, -0.2) is 35.9 Å². The van der Waals surface area contributed by atoms with Crippen molar-refractivity contribution >= 4 is 23.3 Å². The number of amides is 1. The summed E-state index contributed by atoms with van der Waals surface area (Å²) in [5, 5.41) is 2.63. The highest BCUT2D eigenvalue weighted by atomic mass is 16.5. The normalized spacial score (nSPS) is 10.5. The maximum Gasteiger partial charge on any atom is 0.338 e. The van der Waals surface area contributed by atoms with Gasteiger partial charge in [0.15, 0.2) is 6.61 Å². The molecule has 1 amide bonds. The molecule has 0 spiro atoms. The van der Waals surface area contributed by atoms with Crippen LogP contribution in [0.1, 0.15) is 44.6 Å². The van der Waals surface area contributed by atoms with Gasteiger partial charge in [-0.05, 0) is 68.3 Å². The van der Waals surface area contributed by atoms with E-state index < -0.39 is 5.97 Å². The van der Waals surface area contributed by atoms with E-state index in [1.807, 2.05) is 44.2 Å². The predicted octanol–water partition coefficient (Wildman–Crippen LogP) is 4.35. The standard InChI is InChI=1S/C26H28N2O5/c1-17-15-24(18(2)28(17)14-13-20-5-11-23(32-4)12-6-20)25(30)16-33-26(31)21-7-9-22(10-8-21)27-19(3)29/h5-12,15H,13-14,16H2,1-4H3,(H,27,29). The summed E-state index contributed by atoms with van der Waals surface area (Å²) >= 11 is 0. The first-order valence-corrected chi connectivity index (χ1v) is 10.7. The van der Waals surface area contributed by atoms with Crippen LogP contribution in [0.3, 0.4) is 0 Å². The van der Waals surface area contributed by atoms with Gasteiger partial charge in [-0.3, -0.25) is 9.59 Å². The van der Waals surface area contributed by atoms with Crippen LogP contribution in [0.15, 0.2) is 54.6 Å². The van der Waals surface area contributed by atoms with Crippen LogP contribution in [-0.2, 0) is 22.5 Å². The van der Waals surface area contributed by atoms with Crippen LogP contribution >= 0.6 is 0 Å². The van der Waals surface area contributed by atoms with Crippen molar-refractivity contribution in [2.75, 3.05) is 19.0 Å². The van der Waals surface area contributed by atoms with E-state index in [4.69, 9.17) is 9.47 Å². The molecule has 7 nitrogen and oxygen atoms in total. The van der Waals surface area contributed by atoms with Crippen LogP contribution < -0.4 is 10.1 Å². The van der Waals surface area contributed by atoms with E-state index in [-0.39, 0.29) is 18.3 Å². The van der Waals surface area contributed by atoms with Gasteiger partial charge in [0.1, 0.15) is 5.75 Å². The quantitative estimate of drug-likeness (QED) is 0.388. The second-order valence-electron chi connectivity index (χ2n) is 7.79. The van der Waals surface area contributed by atoms with Crippen molar-refractivity contribution in [3.8, 4) is 5.75 Å². The van der Waals surface area contributed by atoms with Crippen LogP contribution in [0, 0.1) is 13.8 Å². The molecule has 1 N–H and O–H groups in total. The molecule has 0 saturated carbocycles. The third kappa shape index (κ3) is 6.10. The summed E-state index contributed by atoms with van der Waals surface area (Å²) in [6, 6.07) is 16.1. The maximum absolute atomic E-state index is 12.7. The fourth-order valence-electron chi connectivity index (χ4n) is 3.65. The Labute approximate surface area is 193 Å². The van der Waals surface area contributed by atoms with Gasteiger partial charge in [-0.15, -0.1) is 0 Å². The lowest BCUT2D eigenvalue weighted by molar-refractivity contribution is -0.114.